The van der Waals surface area contributed by atoms with E-state index < -0.39 is 12.2 Å². The van der Waals surface area contributed by atoms with Gasteiger partial charge in [0, 0.05) is 17.8 Å². The van der Waals surface area contributed by atoms with Crippen molar-refractivity contribution in [1.29, 1.82) is 0 Å². The van der Waals surface area contributed by atoms with E-state index in [1.165, 1.54) is 17.1 Å². The van der Waals surface area contributed by atoms with Gasteiger partial charge in [0.2, 0.25) is 0 Å². The molecule has 1 heterocycles. The molecule has 1 atom stereocenters. The van der Waals surface area contributed by atoms with Gasteiger partial charge in [-0.15, -0.1) is 0 Å². The zero-order valence-electron chi connectivity index (χ0n) is 9.54. The van der Waals surface area contributed by atoms with E-state index in [0.717, 1.165) is 0 Å². The molecule has 0 spiro atoms. The molecule has 0 fully saturated rings. The summed E-state index contributed by atoms with van der Waals surface area (Å²) >= 11 is 0. The lowest BCUT2D eigenvalue weighted by Crippen LogP contribution is -2.33. The fourth-order valence-electron chi connectivity index (χ4n) is 1.41. The van der Waals surface area contributed by atoms with Gasteiger partial charge in [0.1, 0.15) is 6.04 Å². The molecule has 1 aromatic rings. The summed E-state index contributed by atoms with van der Waals surface area (Å²) in [6.07, 6.45) is -1.59. The van der Waals surface area contributed by atoms with Crippen LogP contribution in [0.5, 0.6) is 0 Å². The van der Waals surface area contributed by atoms with Crippen LogP contribution in [0, 0.1) is 0 Å². The summed E-state index contributed by atoms with van der Waals surface area (Å²) in [5.41, 5.74) is 0.156. The van der Waals surface area contributed by atoms with Crippen LogP contribution in [-0.4, -0.2) is 22.5 Å². The van der Waals surface area contributed by atoms with Gasteiger partial charge in [0.25, 0.3) is 0 Å². The molecular formula is C10H16F3N3. The van der Waals surface area contributed by atoms with Crippen molar-refractivity contribution in [1.82, 2.24) is 15.1 Å². The van der Waals surface area contributed by atoms with E-state index in [4.69, 9.17) is 0 Å². The first-order chi connectivity index (χ1) is 7.36. The average molecular weight is 235 g/mol. The molecule has 1 unspecified atom stereocenters. The number of hydrogen-bond acceptors (Lipinski definition) is 2. The maximum Gasteiger partial charge on any atom is 0.408 e. The third-order valence-electron chi connectivity index (χ3n) is 2.22. The van der Waals surface area contributed by atoms with Gasteiger partial charge in [-0.1, -0.05) is 6.92 Å². The monoisotopic (exact) mass is 235 g/mol. The average Bonchev–Trinajstić information content (AvgIpc) is 2.60. The fourth-order valence-corrected chi connectivity index (χ4v) is 1.41. The Hall–Kier alpha value is -1.04. The van der Waals surface area contributed by atoms with E-state index in [1.807, 2.05) is 13.8 Å². The first kappa shape index (κ1) is 13.0. The number of nitrogens with one attached hydrogen (secondary N) is 1. The highest BCUT2D eigenvalue weighted by Gasteiger charge is 2.40. The number of alkyl halides is 3. The zero-order valence-corrected chi connectivity index (χ0v) is 9.54. The van der Waals surface area contributed by atoms with Gasteiger partial charge in [-0.25, -0.2) is 0 Å². The minimum Gasteiger partial charge on any atom is -0.303 e. The molecule has 0 aliphatic rings. The Labute approximate surface area is 92.6 Å². The lowest BCUT2D eigenvalue weighted by molar-refractivity contribution is -0.157. The highest BCUT2D eigenvalue weighted by molar-refractivity contribution is 5.13. The number of aromatic nitrogens is 2. The summed E-state index contributed by atoms with van der Waals surface area (Å²) in [5, 5.41) is 6.32. The van der Waals surface area contributed by atoms with Gasteiger partial charge >= 0.3 is 6.18 Å². The first-order valence-corrected chi connectivity index (χ1v) is 5.20. The second kappa shape index (κ2) is 4.86. The predicted octanol–water partition coefficient (Wildman–Crippen LogP) is 2.68. The molecular weight excluding hydrogens is 219 g/mol. The van der Waals surface area contributed by atoms with E-state index >= 15 is 0 Å². The maximum atomic E-state index is 12.7. The molecule has 0 aliphatic heterocycles. The third kappa shape index (κ3) is 2.98. The molecule has 0 aliphatic carbocycles. The molecule has 92 valence electrons. The Kier molecular flexibility index (Phi) is 3.96. The van der Waals surface area contributed by atoms with Crippen LogP contribution >= 0.6 is 0 Å². The van der Waals surface area contributed by atoms with Crippen LogP contribution in [0.15, 0.2) is 12.4 Å². The SMILES string of the molecule is CCNC(c1cnn(C(C)C)c1)C(F)(F)F. The summed E-state index contributed by atoms with van der Waals surface area (Å²) in [6, 6.07) is -1.57. The largest absolute Gasteiger partial charge is 0.408 e. The van der Waals surface area contributed by atoms with Crippen molar-refractivity contribution >= 4 is 0 Å². The van der Waals surface area contributed by atoms with Gasteiger partial charge in [0.05, 0.1) is 6.20 Å². The minimum absolute atomic E-state index is 0.0595. The summed E-state index contributed by atoms with van der Waals surface area (Å²) in [6.45, 7) is 5.64. The van der Waals surface area contributed by atoms with Crippen molar-refractivity contribution in [2.24, 2.45) is 0 Å². The molecule has 1 rings (SSSR count). The van der Waals surface area contributed by atoms with Crippen molar-refractivity contribution in [3.05, 3.63) is 18.0 Å². The molecule has 1 aromatic heterocycles. The minimum atomic E-state index is -4.29. The molecule has 16 heavy (non-hydrogen) atoms. The van der Waals surface area contributed by atoms with Crippen molar-refractivity contribution in [3.8, 4) is 0 Å². The van der Waals surface area contributed by atoms with Gasteiger partial charge in [0.15, 0.2) is 0 Å². The van der Waals surface area contributed by atoms with Crippen molar-refractivity contribution in [2.45, 2.75) is 39.0 Å². The molecule has 0 amide bonds. The standard InChI is InChI=1S/C10H16F3N3/c1-4-14-9(10(11,12)13)8-5-15-16(6-8)7(2)3/h5-7,9,14H,4H2,1-3H3. The summed E-state index contributed by atoms with van der Waals surface area (Å²) in [4.78, 5) is 0. The van der Waals surface area contributed by atoms with Crippen LogP contribution in [0.4, 0.5) is 13.2 Å². The molecule has 0 aromatic carbocycles. The normalized spacial score (nSPS) is 14.4. The predicted molar refractivity (Wildman–Crippen MR) is 55.1 cm³/mol. The molecule has 0 saturated heterocycles. The fraction of sp³-hybridized carbons (Fsp3) is 0.700. The van der Waals surface area contributed by atoms with Gasteiger partial charge in [-0.2, -0.15) is 18.3 Å². The summed E-state index contributed by atoms with van der Waals surface area (Å²) in [7, 11) is 0. The lowest BCUT2D eigenvalue weighted by atomic mass is 10.1. The van der Waals surface area contributed by atoms with Crippen LogP contribution in [0.1, 0.15) is 38.4 Å². The molecule has 1 N–H and O–H groups in total. The van der Waals surface area contributed by atoms with E-state index in [1.54, 1.807) is 6.92 Å². The van der Waals surface area contributed by atoms with Gasteiger partial charge < -0.3 is 5.32 Å². The first-order valence-electron chi connectivity index (χ1n) is 5.20. The Morgan fingerprint density at radius 2 is 2.06 bits per heavy atom. The van der Waals surface area contributed by atoms with Crippen LogP contribution < -0.4 is 5.32 Å². The number of halogens is 3. The van der Waals surface area contributed by atoms with Crippen LogP contribution in [0.3, 0.4) is 0 Å². The Bertz CT molecular complexity index is 330. The van der Waals surface area contributed by atoms with Crippen molar-refractivity contribution in [3.63, 3.8) is 0 Å². The van der Waals surface area contributed by atoms with Crippen LogP contribution in [0.2, 0.25) is 0 Å². The smallest absolute Gasteiger partial charge is 0.303 e. The molecule has 3 nitrogen and oxygen atoms in total. The quantitative estimate of drug-likeness (QED) is 0.869. The van der Waals surface area contributed by atoms with E-state index in [9.17, 15) is 13.2 Å². The van der Waals surface area contributed by atoms with Crippen molar-refractivity contribution < 1.29 is 13.2 Å². The topological polar surface area (TPSA) is 29.9 Å². The van der Waals surface area contributed by atoms with E-state index in [0.29, 0.717) is 0 Å². The summed E-state index contributed by atoms with van der Waals surface area (Å²) in [5.74, 6) is 0. The molecule has 6 heteroatoms. The second-order valence-corrected chi connectivity index (χ2v) is 3.88. The van der Waals surface area contributed by atoms with Crippen molar-refractivity contribution in [2.75, 3.05) is 6.54 Å². The second-order valence-electron chi connectivity index (χ2n) is 3.88. The Balaban J connectivity index is 2.93. The molecule has 0 saturated carbocycles. The summed E-state index contributed by atoms with van der Waals surface area (Å²) < 4.78 is 39.6. The number of rotatable bonds is 4. The lowest BCUT2D eigenvalue weighted by Gasteiger charge is -2.19. The van der Waals surface area contributed by atoms with Crippen LogP contribution in [0.25, 0.3) is 0 Å². The molecule has 0 bridgehead atoms. The highest BCUT2D eigenvalue weighted by Crippen LogP contribution is 2.32. The van der Waals surface area contributed by atoms with E-state index in [2.05, 4.69) is 10.4 Å². The zero-order chi connectivity index (χ0) is 12.3. The Morgan fingerprint density at radius 1 is 1.44 bits per heavy atom. The van der Waals surface area contributed by atoms with Gasteiger partial charge in [-0.3, -0.25) is 4.68 Å². The highest BCUT2D eigenvalue weighted by atomic mass is 19.4. The maximum absolute atomic E-state index is 12.7. The third-order valence-corrected chi connectivity index (χ3v) is 2.22. The number of hydrogen-bond donors (Lipinski definition) is 1. The number of nitrogens with zero attached hydrogens (tertiary/aromatic N) is 2. The van der Waals surface area contributed by atoms with E-state index in [-0.39, 0.29) is 18.2 Å². The van der Waals surface area contributed by atoms with Gasteiger partial charge in [-0.05, 0) is 20.4 Å². The molecule has 0 radical (unpaired) electrons. The Morgan fingerprint density at radius 3 is 2.44 bits per heavy atom. The van der Waals surface area contributed by atoms with Crippen LogP contribution in [-0.2, 0) is 0 Å².